The summed E-state index contributed by atoms with van der Waals surface area (Å²) in [6, 6.07) is 6.78. The highest BCUT2D eigenvalue weighted by Gasteiger charge is 2.27. The minimum atomic E-state index is -0.295. The van der Waals surface area contributed by atoms with Gasteiger partial charge in [-0.05, 0) is 50.8 Å². The number of thiophene rings is 1. The van der Waals surface area contributed by atoms with Gasteiger partial charge >= 0.3 is 5.97 Å². The van der Waals surface area contributed by atoms with Gasteiger partial charge in [0.25, 0.3) is 0 Å². The smallest absolute Gasteiger partial charge is 0.338 e. The number of hydrogen-bond acceptors (Lipinski definition) is 8. The van der Waals surface area contributed by atoms with Crippen molar-refractivity contribution in [2.24, 2.45) is 0 Å². The zero-order chi connectivity index (χ0) is 21.2. The van der Waals surface area contributed by atoms with Crippen molar-refractivity contribution < 1.29 is 14.3 Å². The van der Waals surface area contributed by atoms with E-state index in [1.807, 2.05) is 25.1 Å². The van der Waals surface area contributed by atoms with E-state index in [2.05, 4.69) is 20.2 Å². The molecule has 2 aromatic heterocycles. The third-order valence-electron chi connectivity index (χ3n) is 6.38. The van der Waals surface area contributed by atoms with Gasteiger partial charge in [-0.2, -0.15) is 0 Å². The van der Waals surface area contributed by atoms with Gasteiger partial charge in [-0.1, -0.05) is 0 Å². The molecule has 3 heterocycles. The van der Waals surface area contributed by atoms with Crippen molar-refractivity contribution in [2.45, 2.75) is 44.7 Å². The van der Waals surface area contributed by atoms with Crippen LogP contribution in [-0.4, -0.2) is 65.8 Å². The van der Waals surface area contributed by atoms with Gasteiger partial charge in [-0.3, -0.25) is 4.90 Å². The molecule has 0 atom stereocenters. The van der Waals surface area contributed by atoms with Crippen LogP contribution in [0, 0.1) is 0 Å². The summed E-state index contributed by atoms with van der Waals surface area (Å²) in [7, 11) is 0. The lowest BCUT2D eigenvalue weighted by Gasteiger charge is -2.39. The predicted molar refractivity (Wildman–Crippen MR) is 123 cm³/mol. The number of rotatable bonds is 5. The van der Waals surface area contributed by atoms with E-state index in [1.54, 1.807) is 17.7 Å². The molecule has 1 N–H and O–H groups in total. The monoisotopic (exact) mass is 440 g/mol. The fourth-order valence-corrected chi connectivity index (χ4v) is 5.80. The maximum atomic E-state index is 12.2. The molecule has 164 valence electrons. The number of aromatic nitrogens is 2. The van der Waals surface area contributed by atoms with Crippen LogP contribution in [0.4, 0.5) is 5.82 Å². The Bertz CT molecular complexity index is 1070. The summed E-state index contributed by atoms with van der Waals surface area (Å²) in [5, 5.41) is 5.71. The van der Waals surface area contributed by atoms with Gasteiger partial charge in [0.15, 0.2) is 0 Å². The number of benzene rings is 1. The fourth-order valence-electron chi connectivity index (χ4n) is 4.78. The van der Waals surface area contributed by atoms with Crippen molar-refractivity contribution in [2.75, 3.05) is 38.2 Å². The number of nitrogens with zero attached hydrogens (tertiary/aromatic N) is 3. The van der Waals surface area contributed by atoms with Crippen LogP contribution in [0.3, 0.4) is 0 Å². The average molecular weight is 441 g/mol. The van der Waals surface area contributed by atoms with E-state index in [0.717, 1.165) is 65.3 Å². The third kappa shape index (κ3) is 4.24. The van der Waals surface area contributed by atoms with Gasteiger partial charge in [0.1, 0.15) is 17.0 Å². The maximum Gasteiger partial charge on any atom is 0.338 e. The Morgan fingerprint density at radius 3 is 2.81 bits per heavy atom. The Kier molecular flexibility index (Phi) is 6.02. The van der Waals surface area contributed by atoms with Crippen molar-refractivity contribution in [3.63, 3.8) is 0 Å². The first-order valence-electron chi connectivity index (χ1n) is 11.2. The largest absolute Gasteiger partial charge is 0.462 e. The lowest BCUT2D eigenvalue weighted by molar-refractivity contribution is 0.00791. The molecular formula is C23H28N4O3S. The Labute approximate surface area is 185 Å². The highest BCUT2D eigenvalue weighted by molar-refractivity contribution is 7.25. The molecule has 8 heteroatoms. The summed E-state index contributed by atoms with van der Waals surface area (Å²) in [6.45, 7) is 6.01. The van der Waals surface area contributed by atoms with Crippen LogP contribution < -0.4 is 5.32 Å². The lowest BCUT2D eigenvalue weighted by Crippen LogP contribution is -2.46. The molecule has 2 aliphatic rings. The zero-order valence-electron chi connectivity index (χ0n) is 17.8. The van der Waals surface area contributed by atoms with Crippen molar-refractivity contribution >= 4 is 43.4 Å². The Balaban J connectivity index is 1.36. The SMILES string of the molecule is CCOC(=O)c1ccc2sc3ncnc(N[C@H]4CC[C@H](N5CCOCC5)CC4)c3c2c1. The number of ether oxygens (including phenoxy) is 2. The topological polar surface area (TPSA) is 76.6 Å². The van der Waals surface area contributed by atoms with E-state index in [4.69, 9.17) is 9.47 Å². The molecule has 1 aromatic carbocycles. The van der Waals surface area contributed by atoms with Crippen LogP contribution >= 0.6 is 11.3 Å². The summed E-state index contributed by atoms with van der Waals surface area (Å²) in [4.78, 5) is 24.8. The van der Waals surface area contributed by atoms with E-state index in [0.29, 0.717) is 24.3 Å². The van der Waals surface area contributed by atoms with Crippen LogP contribution in [0.5, 0.6) is 0 Å². The highest BCUT2D eigenvalue weighted by atomic mass is 32.1. The minimum absolute atomic E-state index is 0.295. The molecule has 0 unspecified atom stereocenters. The van der Waals surface area contributed by atoms with Crippen LogP contribution in [0.15, 0.2) is 24.5 Å². The molecule has 0 amide bonds. The summed E-state index contributed by atoms with van der Waals surface area (Å²) in [5.74, 6) is 0.573. The quantitative estimate of drug-likeness (QED) is 0.599. The van der Waals surface area contributed by atoms with Gasteiger partial charge < -0.3 is 14.8 Å². The minimum Gasteiger partial charge on any atom is -0.462 e. The number of carbonyl (C=O) groups is 1. The molecular weight excluding hydrogens is 412 g/mol. The van der Waals surface area contributed by atoms with Crippen molar-refractivity contribution in [3.8, 4) is 0 Å². The van der Waals surface area contributed by atoms with Gasteiger partial charge in [0.05, 0.1) is 30.8 Å². The van der Waals surface area contributed by atoms with Gasteiger partial charge in [-0.25, -0.2) is 14.8 Å². The fraction of sp³-hybridized carbons (Fsp3) is 0.522. The maximum absolute atomic E-state index is 12.2. The van der Waals surface area contributed by atoms with Gasteiger partial charge in [0.2, 0.25) is 0 Å². The number of fused-ring (bicyclic) bond motifs is 3. The molecule has 1 saturated heterocycles. The Hall–Kier alpha value is -2.29. The number of anilines is 1. The molecule has 0 bridgehead atoms. The third-order valence-corrected chi connectivity index (χ3v) is 7.46. The molecule has 0 spiro atoms. The molecule has 1 saturated carbocycles. The van der Waals surface area contributed by atoms with Crippen LogP contribution in [0.25, 0.3) is 20.3 Å². The standard InChI is InChI=1S/C23H28N4O3S/c1-2-30-23(28)15-3-8-19-18(13-15)20-21(24-14-25-22(20)31-19)26-16-4-6-17(7-5-16)27-9-11-29-12-10-27/h3,8,13-14,16-17H,2,4-7,9-12H2,1H3,(H,24,25,26)/t16-,17-. The molecule has 0 radical (unpaired) electrons. The molecule has 7 nitrogen and oxygen atoms in total. The van der Waals surface area contributed by atoms with Crippen molar-refractivity contribution in [1.29, 1.82) is 0 Å². The highest BCUT2D eigenvalue weighted by Crippen LogP contribution is 2.37. The predicted octanol–water partition coefficient (Wildman–Crippen LogP) is 4.08. The van der Waals surface area contributed by atoms with Crippen LogP contribution in [0.1, 0.15) is 43.0 Å². The first-order valence-corrected chi connectivity index (χ1v) is 12.0. The molecule has 5 rings (SSSR count). The first-order chi connectivity index (χ1) is 15.2. The van der Waals surface area contributed by atoms with E-state index < -0.39 is 0 Å². The zero-order valence-corrected chi connectivity index (χ0v) is 18.6. The number of morpholine rings is 1. The van der Waals surface area contributed by atoms with E-state index in [1.165, 1.54) is 12.8 Å². The molecule has 3 aromatic rings. The molecule has 1 aliphatic heterocycles. The van der Waals surface area contributed by atoms with E-state index >= 15 is 0 Å². The summed E-state index contributed by atoms with van der Waals surface area (Å²) in [6.07, 6.45) is 6.28. The summed E-state index contributed by atoms with van der Waals surface area (Å²) < 4.78 is 11.8. The number of carbonyl (C=O) groups excluding carboxylic acids is 1. The summed E-state index contributed by atoms with van der Waals surface area (Å²) in [5.41, 5.74) is 0.565. The Morgan fingerprint density at radius 1 is 1.23 bits per heavy atom. The number of nitrogens with one attached hydrogen (secondary N) is 1. The van der Waals surface area contributed by atoms with Gasteiger partial charge in [-0.15, -0.1) is 11.3 Å². The second kappa shape index (κ2) is 9.06. The van der Waals surface area contributed by atoms with Crippen LogP contribution in [0.2, 0.25) is 0 Å². The van der Waals surface area contributed by atoms with E-state index in [-0.39, 0.29) is 5.97 Å². The van der Waals surface area contributed by atoms with Gasteiger partial charge in [0, 0.05) is 35.3 Å². The first kappa shape index (κ1) is 20.6. The molecule has 31 heavy (non-hydrogen) atoms. The lowest BCUT2D eigenvalue weighted by atomic mass is 9.90. The van der Waals surface area contributed by atoms with E-state index in [9.17, 15) is 4.79 Å². The molecule has 1 aliphatic carbocycles. The van der Waals surface area contributed by atoms with Crippen molar-refractivity contribution in [3.05, 3.63) is 30.1 Å². The second-order valence-corrected chi connectivity index (χ2v) is 9.26. The molecule has 2 fully saturated rings. The second-order valence-electron chi connectivity index (χ2n) is 8.23. The Morgan fingerprint density at radius 2 is 2.03 bits per heavy atom. The number of hydrogen-bond donors (Lipinski definition) is 1. The summed E-state index contributed by atoms with van der Waals surface area (Å²) >= 11 is 1.63. The van der Waals surface area contributed by atoms with Crippen LogP contribution in [-0.2, 0) is 9.47 Å². The normalized spacial score (nSPS) is 22.6. The van der Waals surface area contributed by atoms with Crippen molar-refractivity contribution in [1.82, 2.24) is 14.9 Å². The average Bonchev–Trinajstić information content (AvgIpc) is 3.19. The number of esters is 1.